The lowest BCUT2D eigenvalue weighted by Gasteiger charge is -2.07. The molecular weight excluding hydrogens is 255 g/mol. The molecule has 0 amide bonds. The molecule has 17 heavy (non-hydrogen) atoms. The first-order valence-electron chi connectivity index (χ1n) is 4.44. The average Bonchev–Trinajstić information content (AvgIpc) is 2.27. The van der Waals surface area contributed by atoms with Crippen LogP contribution in [0.25, 0.3) is 11.0 Å². The number of aromatic nitrogens is 3. The topological polar surface area (TPSA) is 50.8 Å². The number of nitrogens with one attached hydrogen (secondary N) is 1. The van der Waals surface area contributed by atoms with Crippen molar-refractivity contribution in [3.8, 4) is 5.88 Å². The summed E-state index contributed by atoms with van der Waals surface area (Å²) < 4.78 is 42.0. The minimum atomic E-state index is -4.57. The standard InChI is InChI=1S/C9H6F3N3OS/c1-16-5-3-2-4-6(14-5)7(17)15-8(13-4)9(10,11)12/h2-3H,1H3,(H,13,15,17). The van der Waals surface area contributed by atoms with Crippen molar-refractivity contribution in [2.45, 2.75) is 6.18 Å². The number of H-pyrrole nitrogens is 1. The zero-order valence-corrected chi connectivity index (χ0v) is 9.32. The summed E-state index contributed by atoms with van der Waals surface area (Å²) in [6.45, 7) is 0. The average molecular weight is 261 g/mol. The third kappa shape index (κ3) is 2.21. The molecule has 1 N–H and O–H groups in total. The fourth-order valence-corrected chi connectivity index (χ4v) is 1.51. The van der Waals surface area contributed by atoms with Crippen LogP contribution in [0.4, 0.5) is 13.2 Å². The number of rotatable bonds is 1. The van der Waals surface area contributed by atoms with E-state index in [1.807, 2.05) is 0 Å². The smallest absolute Gasteiger partial charge is 0.449 e. The van der Waals surface area contributed by atoms with Crippen molar-refractivity contribution < 1.29 is 17.9 Å². The lowest BCUT2D eigenvalue weighted by molar-refractivity contribution is -0.144. The Balaban J connectivity index is 2.73. The van der Waals surface area contributed by atoms with Crippen LogP contribution in [-0.2, 0) is 6.18 Å². The predicted octanol–water partition coefficient (Wildman–Crippen LogP) is 2.71. The SMILES string of the molecule is COc1ccc2[nH]c(C(F)(F)F)nc(=S)c2n1. The number of alkyl halides is 3. The third-order valence-electron chi connectivity index (χ3n) is 2.02. The summed E-state index contributed by atoms with van der Waals surface area (Å²) in [6, 6.07) is 2.85. The van der Waals surface area contributed by atoms with E-state index in [1.165, 1.54) is 19.2 Å². The first-order chi connectivity index (χ1) is 7.91. The van der Waals surface area contributed by atoms with E-state index in [1.54, 1.807) is 0 Å². The van der Waals surface area contributed by atoms with Crippen LogP contribution in [0.1, 0.15) is 5.82 Å². The van der Waals surface area contributed by atoms with Crippen LogP contribution in [0.15, 0.2) is 12.1 Å². The Morgan fingerprint density at radius 2 is 2.00 bits per heavy atom. The quantitative estimate of drug-likeness (QED) is 0.802. The fourth-order valence-electron chi connectivity index (χ4n) is 1.26. The number of fused-ring (bicyclic) bond motifs is 1. The highest BCUT2D eigenvalue weighted by atomic mass is 32.1. The molecule has 2 aromatic rings. The van der Waals surface area contributed by atoms with Crippen LogP contribution in [0.3, 0.4) is 0 Å². The third-order valence-corrected chi connectivity index (χ3v) is 2.30. The van der Waals surface area contributed by atoms with Crippen molar-refractivity contribution >= 4 is 23.3 Å². The molecule has 2 rings (SSSR count). The summed E-state index contributed by atoms with van der Waals surface area (Å²) >= 11 is 4.77. The molecule has 0 bridgehead atoms. The zero-order chi connectivity index (χ0) is 12.6. The zero-order valence-electron chi connectivity index (χ0n) is 8.50. The van der Waals surface area contributed by atoms with E-state index in [2.05, 4.69) is 15.0 Å². The molecule has 0 spiro atoms. The molecule has 0 atom stereocenters. The summed E-state index contributed by atoms with van der Waals surface area (Å²) in [5.41, 5.74) is 0.338. The monoisotopic (exact) mass is 261 g/mol. The highest BCUT2D eigenvalue weighted by Gasteiger charge is 2.34. The normalized spacial score (nSPS) is 11.8. The number of halogens is 3. The second kappa shape index (κ2) is 3.95. The van der Waals surface area contributed by atoms with E-state index in [0.717, 1.165) is 0 Å². The maximum absolute atomic E-state index is 12.5. The summed E-state index contributed by atoms with van der Waals surface area (Å²) in [5.74, 6) is -0.875. The van der Waals surface area contributed by atoms with Crippen molar-refractivity contribution in [1.82, 2.24) is 15.0 Å². The Kier molecular flexibility index (Phi) is 2.74. The lowest BCUT2D eigenvalue weighted by atomic mass is 10.3. The van der Waals surface area contributed by atoms with Gasteiger partial charge in [-0.25, -0.2) is 9.97 Å². The molecule has 2 aromatic heterocycles. The molecule has 4 nitrogen and oxygen atoms in total. The van der Waals surface area contributed by atoms with Gasteiger partial charge in [-0.2, -0.15) is 13.2 Å². The first kappa shape index (κ1) is 11.8. The van der Waals surface area contributed by atoms with Gasteiger partial charge >= 0.3 is 6.18 Å². The Bertz CT molecular complexity index is 623. The van der Waals surface area contributed by atoms with Crippen LogP contribution in [0.2, 0.25) is 0 Å². The number of hydrogen-bond donors (Lipinski definition) is 1. The first-order valence-corrected chi connectivity index (χ1v) is 4.85. The summed E-state index contributed by atoms with van der Waals surface area (Å²) in [7, 11) is 1.40. The molecule has 0 aliphatic heterocycles. The van der Waals surface area contributed by atoms with Crippen LogP contribution in [0.5, 0.6) is 5.88 Å². The van der Waals surface area contributed by atoms with Gasteiger partial charge < -0.3 is 9.72 Å². The molecule has 8 heteroatoms. The van der Waals surface area contributed by atoms with Gasteiger partial charge in [0, 0.05) is 6.07 Å². The number of hydrogen-bond acceptors (Lipinski definition) is 4. The Hall–Kier alpha value is -1.70. The van der Waals surface area contributed by atoms with Crippen molar-refractivity contribution in [3.05, 3.63) is 22.6 Å². The molecule has 0 aromatic carbocycles. The highest BCUT2D eigenvalue weighted by molar-refractivity contribution is 7.71. The summed E-state index contributed by atoms with van der Waals surface area (Å²) in [5, 5.41) is 0. The van der Waals surface area contributed by atoms with Gasteiger partial charge in [-0.3, -0.25) is 0 Å². The maximum Gasteiger partial charge on any atom is 0.449 e. The van der Waals surface area contributed by atoms with Gasteiger partial charge in [0.15, 0.2) is 4.64 Å². The molecule has 0 radical (unpaired) electrons. The van der Waals surface area contributed by atoms with Gasteiger partial charge in [-0.15, -0.1) is 0 Å². The number of nitrogens with zero attached hydrogens (tertiary/aromatic N) is 2. The second-order valence-electron chi connectivity index (χ2n) is 3.14. The van der Waals surface area contributed by atoms with E-state index in [9.17, 15) is 13.2 Å². The summed E-state index contributed by atoms with van der Waals surface area (Å²) in [6.07, 6.45) is -4.57. The molecule has 0 unspecified atom stereocenters. The van der Waals surface area contributed by atoms with Crippen molar-refractivity contribution in [2.75, 3.05) is 7.11 Å². The van der Waals surface area contributed by atoms with Crippen molar-refractivity contribution in [3.63, 3.8) is 0 Å². The molecular formula is C9H6F3N3OS. The van der Waals surface area contributed by atoms with Crippen molar-refractivity contribution in [1.29, 1.82) is 0 Å². The van der Waals surface area contributed by atoms with Gasteiger partial charge in [0.25, 0.3) is 0 Å². The van der Waals surface area contributed by atoms with Crippen LogP contribution in [-0.4, -0.2) is 22.1 Å². The van der Waals surface area contributed by atoms with Crippen LogP contribution < -0.4 is 4.74 Å². The van der Waals surface area contributed by atoms with Gasteiger partial charge in [-0.05, 0) is 6.07 Å². The minimum Gasteiger partial charge on any atom is -0.481 e. The number of methoxy groups -OCH3 is 1. The van der Waals surface area contributed by atoms with Gasteiger partial charge in [0.1, 0.15) is 5.52 Å². The fraction of sp³-hybridized carbons (Fsp3) is 0.222. The Morgan fingerprint density at radius 1 is 1.29 bits per heavy atom. The molecule has 0 saturated heterocycles. The largest absolute Gasteiger partial charge is 0.481 e. The van der Waals surface area contributed by atoms with Gasteiger partial charge in [0.05, 0.1) is 12.6 Å². The Labute approximate surface area is 98.5 Å². The molecule has 90 valence electrons. The number of ether oxygens (including phenoxy) is 1. The number of pyridine rings is 1. The van der Waals surface area contributed by atoms with E-state index in [4.69, 9.17) is 17.0 Å². The van der Waals surface area contributed by atoms with Gasteiger partial charge in [0.2, 0.25) is 11.7 Å². The molecule has 0 saturated carbocycles. The molecule has 0 aliphatic rings. The lowest BCUT2D eigenvalue weighted by Crippen LogP contribution is -2.11. The number of aromatic amines is 1. The molecule has 0 aliphatic carbocycles. The predicted molar refractivity (Wildman–Crippen MR) is 56.3 cm³/mol. The minimum absolute atomic E-state index is 0.165. The second-order valence-corrected chi connectivity index (χ2v) is 3.52. The summed E-state index contributed by atoms with van der Waals surface area (Å²) in [4.78, 5) is 9.33. The molecule has 0 fully saturated rings. The van der Waals surface area contributed by atoms with E-state index >= 15 is 0 Å². The van der Waals surface area contributed by atoms with E-state index in [0.29, 0.717) is 0 Å². The van der Waals surface area contributed by atoms with Gasteiger partial charge in [-0.1, -0.05) is 12.2 Å². The van der Waals surface area contributed by atoms with Crippen LogP contribution in [0, 0.1) is 4.64 Å². The van der Waals surface area contributed by atoms with E-state index < -0.39 is 12.0 Å². The molecule has 2 heterocycles. The van der Waals surface area contributed by atoms with Crippen molar-refractivity contribution in [2.24, 2.45) is 0 Å². The van der Waals surface area contributed by atoms with Crippen LogP contribution >= 0.6 is 12.2 Å². The highest BCUT2D eigenvalue weighted by Crippen LogP contribution is 2.27. The Morgan fingerprint density at radius 3 is 2.59 bits per heavy atom. The maximum atomic E-state index is 12.5. The van der Waals surface area contributed by atoms with E-state index in [-0.39, 0.29) is 21.6 Å².